The van der Waals surface area contributed by atoms with Crippen molar-refractivity contribution in [3.63, 3.8) is 0 Å². The van der Waals surface area contributed by atoms with Crippen molar-refractivity contribution < 1.29 is 14.3 Å². The van der Waals surface area contributed by atoms with Crippen molar-refractivity contribution in [1.29, 1.82) is 0 Å². The lowest BCUT2D eigenvalue weighted by molar-refractivity contribution is -0.126. The maximum atomic E-state index is 12.5. The average molecular weight is 556 g/mol. The molecule has 2 aliphatic carbocycles. The summed E-state index contributed by atoms with van der Waals surface area (Å²) in [6.07, 6.45) is 7.34. The number of carbonyl (C=O) groups is 1. The first kappa shape index (κ1) is 24.9. The number of hydrogen-bond donors (Lipinski definition) is 3. The highest BCUT2D eigenvalue weighted by Gasteiger charge is 2.31. The highest BCUT2D eigenvalue weighted by Crippen LogP contribution is 2.35. The minimum atomic E-state index is 0. The quantitative estimate of drug-likeness (QED) is 0.272. The molecule has 2 saturated carbocycles. The van der Waals surface area contributed by atoms with Crippen LogP contribution in [-0.2, 0) is 17.8 Å². The molecule has 0 aromatic heterocycles. The Morgan fingerprint density at radius 3 is 2.72 bits per heavy atom. The fourth-order valence-corrected chi connectivity index (χ4v) is 4.58. The van der Waals surface area contributed by atoms with Crippen LogP contribution in [0.3, 0.4) is 0 Å². The van der Waals surface area contributed by atoms with Gasteiger partial charge in [0.15, 0.2) is 5.96 Å². The molecule has 1 heterocycles. The molecule has 3 atom stereocenters. The topological polar surface area (TPSA) is 84.0 Å². The fraction of sp³-hybridized carbons (Fsp3) is 0.667. The lowest BCUT2D eigenvalue weighted by Gasteiger charge is -2.30. The molecule has 2 fully saturated rings. The number of fused-ring (bicyclic) bond motifs is 1. The van der Waals surface area contributed by atoms with E-state index in [0.29, 0.717) is 12.6 Å². The van der Waals surface area contributed by atoms with Crippen LogP contribution >= 0.6 is 24.0 Å². The summed E-state index contributed by atoms with van der Waals surface area (Å²) in [7, 11) is 1.70. The Morgan fingerprint density at radius 1 is 1.19 bits per heavy atom. The molecule has 1 amide bonds. The number of nitrogens with one attached hydrogen (secondary N) is 3. The molecule has 1 aromatic rings. The van der Waals surface area contributed by atoms with Gasteiger partial charge < -0.3 is 25.4 Å². The molecule has 8 heteroatoms. The van der Waals surface area contributed by atoms with E-state index < -0.39 is 0 Å². The first-order valence-electron chi connectivity index (χ1n) is 11.8. The van der Waals surface area contributed by atoms with Gasteiger partial charge in [0.05, 0.1) is 13.7 Å². The number of rotatable bonds is 7. The van der Waals surface area contributed by atoms with Crippen LogP contribution in [0.4, 0.5) is 0 Å². The van der Waals surface area contributed by atoms with Crippen LogP contribution in [0.2, 0.25) is 0 Å². The van der Waals surface area contributed by atoms with E-state index >= 15 is 0 Å². The molecule has 32 heavy (non-hydrogen) atoms. The normalized spacial score (nSPS) is 24.6. The minimum Gasteiger partial charge on any atom is -0.496 e. The van der Waals surface area contributed by atoms with Crippen LogP contribution in [0.1, 0.15) is 63.5 Å². The molecule has 3 unspecified atom stereocenters. The SMILES string of the molecule is CCNC(=NCc1cc2c(cc1OC)CC(C)O2)NC1CCCC(C(=O)NC2CC2)C1.I. The van der Waals surface area contributed by atoms with Crippen LogP contribution in [0, 0.1) is 5.92 Å². The van der Waals surface area contributed by atoms with Crippen molar-refractivity contribution in [2.24, 2.45) is 10.9 Å². The summed E-state index contributed by atoms with van der Waals surface area (Å²) in [6.45, 7) is 5.43. The molecule has 1 aromatic carbocycles. The zero-order valence-corrected chi connectivity index (χ0v) is 21.7. The van der Waals surface area contributed by atoms with Crippen LogP contribution < -0.4 is 25.4 Å². The van der Waals surface area contributed by atoms with E-state index in [4.69, 9.17) is 14.5 Å². The van der Waals surface area contributed by atoms with Gasteiger partial charge >= 0.3 is 0 Å². The van der Waals surface area contributed by atoms with Crippen molar-refractivity contribution >= 4 is 35.8 Å². The van der Waals surface area contributed by atoms with Crippen molar-refractivity contribution in [2.45, 2.75) is 83.5 Å². The number of nitrogens with zero attached hydrogens (tertiary/aromatic N) is 1. The molecule has 4 rings (SSSR count). The lowest BCUT2D eigenvalue weighted by atomic mass is 9.85. The van der Waals surface area contributed by atoms with Gasteiger partial charge in [-0.15, -0.1) is 24.0 Å². The van der Waals surface area contributed by atoms with Crippen LogP contribution in [-0.4, -0.2) is 43.7 Å². The van der Waals surface area contributed by atoms with E-state index in [1.165, 1.54) is 5.56 Å². The smallest absolute Gasteiger partial charge is 0.223 e. The Morgan fingerprint density at radius 2 is 2.00 bits per heavy atom. The maximum absolute atomic E-state index is 12.5. The van der Waals surface area contributed by atoms with E-state index in [1.54, 1.807) is 7.11 Å². The molecular weight excluding hydrogens is 519 g/mol. The Balaban J connectivity index is 0.00000289. The number of benzene rings is 1. The van der Waals surface area contributed by atoms with Crippen molar-refractivity contribution in [2.75, 3.05) is 13.7 Å². The molecule has 0 bridgehead atoms. The number of aliphatic imine (C=N–C) groups is 1. The number of methoxy groups -OCH3 is 1. The van der Waals surface area contributed by atoms with E-state index in [2.05, 4.69) is 41.9 Å². The zero-order valence-electron chi connectivity index (χ0n) is 19.4. The Bertz CT molecular complexity index is 828. The summed E-state index contributed by atoms with van der Waals surface area (Å²) in [6, 6.07) is 4.82. The standard InChI is InChI=1S/C24H36N4O3.HI/c1-4-25-24(28-20-7-5-6-16(11-20)23(29)27-19-8-9-19)26-14-18-13-22-17(10-15(2)31-22)12-21(18)30-3;/h12-13,15-16,19-20H,4-11,14H2,1-3H3,(H,27,29)(H2,25,26,28);1H. The van der Waals surface area contributed by atoms with E-state index in [0.717, 1.165) is 74.5 Å². The minimum absolute atomic E-state index is 0. The number of guanidine groups is 1. The molecule has 3 aliphatic rings. The second-order valence-electron chi connectivity index (χ2n) is 9.09. The number of halogens is 1. The average Bonchev–Trinajstić information content (AvgIpc) is 3.50. The summed E-state index contributed by atoms with van der Waals surface area (Å²) in [5, 5.41) is 10.1. The zero-order chi connectivity index (χ0) is 21.8. The Labute approximate surface area is 208 Å². The van der Waals surface area contributed by atoms with Gasteiger partial charge in [-0.25, -0.2) is 4.99 Å². The van der Waals surface area contributed by atoms with Crippen LogP contribution in [0.15, 0.2) is 17.1 Å². The summed E-state index contributed by atoms with van der Waals surface area (Å²) < 4.78 is 11.5. The van der Waals surface area contributed by atoms with Gasteiger partial charge in [0.25, 0.3) is 0 Å². The molecule has 7 nitrogen and oxygen atoms in total. The van der Waals surface area contributed by atoms with Crippen molar-refractivity contribution in [3.05, 3.63) is 23.3 Å². The Hall–Kier alpha value is -1.71. The first-order chi connectivity index (χ1) is 15.1. The van der Waals surface area contributed by atoms with Crippen molar-refractivity contribution in [3.8, 4) is 11.5 Å². The largest absolute Gasteiger partial charge is 0.496 e. The summed E-state index contributed by atoms with van der Waals surface area (Å²) in [4.78, 5) is 17.3. The summed E-state index contributed by atoms with van der Waals surface area (Å²) in [5.41, 5.74) is 2.21. The van der Waals surface area contributed by atoms with Crippen molar-refractivity contribution in [1.82, 2.24) is 16.0 Å². The molecule has 178 valence electrons. The molecule has 3 N–H and O–H groups in total. The summed E-state index contributed by atoms with van der Waals surface area (Å²) >= 11 is 0. The van der Waals surface area contributed by atoms with E-state index in [1.807, 2.05) is 0 Å². The molecular formula is C24H37IN4O3. The third-order valence-corrected chi connectivity index (χ3v) is 6.36. The van der Waals surface area contributed by atoms with E-state index in [9.17, 15) is 4.79 Å². The van der Waals surface area contributed by atoms with Gasteiger partial charge in [0.1, 0.15) is 17.6 Å². The first-order valence-corrected chi connectivity index (χ1v) is 11.8. The Kier molecular flexibility index (Phi) is 8.90. The monoisotopic (exact) mass is 556 g/mol. The molecule has 1 aliphatic heterocycles. The van der Waals surface area contributed by atoms with Gasteiger partial charge in [-0.05, 0) is 58.1 Å². The summed E-state index contributed by atoms with van der Waals surface area (Å²) in [5.74, 6) is 2.91. The van der Waals surface area contributed by atoms with Gasteiger partial charge in [0.2, 0.25) is 5.91 Å². The van der Waals surface area contributed by atoms with Crippen LogP contribution in [0.25, 0.3) is 0 Å². The second-order valence-corrected chi connectivity index (χ2v) is 9.09. The van der Waals surface area contributed by atoms with Gasteiger partial charge in [-0.3, -0.25) is 4.79 Å². The van der Waals surface area contributed by atoms with Gasteiger partial charge in [-0.2, -0.15) is 0 Å². The second kappa shape index (κ2) is 11.4. The highest BCUT2D eigenvalue weighted by molar-refractivity contribution is 14.0. The van der Waals surface area contributed by atoms with Gasteiger partial charge in [-0.1, -0.05) is 6.42 Å². The third-order valence-electron chi connectivity index (χ3n) is 6.36. The number of amides is 1. The number of hydrogen-bond acceptors (Lipinski definition) is 4. The highest BCUT2D eigenvalue weighted by atomic mass is 127. The lowest BCUT2D eigenvalue weighted by Crippen LogP contribution is -2.47. The number of ether oxygens (including phenoxy) is 2. The molecule has 0 radical (unpaired) electrons. The predicted octanol–water partition coefficient (Wildman–Crippen LogP) is 3.53. The van der Waals surface area contributed by atoms with Gasteiger partial charge in [0, 0.05) is 42.1 Å². The maximum Gasteiger partial charge on any atom is 0.223 e. The predicted molar refractivity (Wildman–Crippen MR) is 137 cm³/mol. The van der Waals surface area contributed by atoms with Crippen LogP contribution in [0.5, 0.6) is 11.5 Å². The third kappa shape index (κ3) is 6.42. The van der Waals surface area contributed by atoms with E-state index in [-0.39, 0.29) is 47.9 Å². The number of carbonyl (C=O) groups excluding carboxylic acids is 1. The molecule has 0 spiro atoms. The molecule has 0 saturated heterocycles. The fourth-order valence-electron chi connectivity index (χ4n) is 4.58.